The number of ether oxygens (including phenoxy) is 1. The summed E-state index contributed by atoms with van der Waals surface area (Å²) >= 11 is 0. The molecule has 1 saturated heterocycles. The highest BCUT2D eigenvalue weighted by atomic mass is 16.5. The van der Waals surface area contributed by atoms with E-state index in [0.717, 1.165) is 25.3 Å². The van der Waals surface area contributed by atoms with E-state index in [1.54, 1.807) is 0 Å². The zero-order chi connectivity index (χ0) is 13.7. The van der Waals surface area contributed by atoms with Gasteiger partial charge in [0.2, 0.25) is 0 Å². The van der Waals surface area contributed by atoms with Crippen LogP contribution in [0.3, 0.4) is 0 Å². The molecule has 2 rings (SSSR count). The van der Waals surface area contributed by atoms with Crippen molar-refractivity contribution in [2.45, 2.75) is 64.5 Å². The number of nitrogens with one attached hydrogen (secondary N) is 1. The molecule has 3 heteroatoms. The van der Waals surface area contributed by atoms with Gasteiger partial charge in [0.25, 0.3) is 0 Å². The maximum atomic E-state index is 5.48. The monoisotopic (exact) mass is 268 g/mol. The van der Waals surface area contributed by atoms with Crippen molar-refractivity contribution in [2.75, 3.05) is 33.4 Å². The van der Waals surface area contributed by atoms with E-state index in [2.05, 4.69) is 31.1 Å². The maximum Gasteiger partial charge on any atom is 0.0480 e. The predicted molar refractivity (Wildman–Crippen MR) is 80.5 cm³/mol. The fourth-order valence-corrected chi connectivity index (χ4v) is 3.21. The van der Waals surface area contributed by atoms with Crippen molar-refractivity contribution in [2.24, 2.45) is 5.41 Å². The van der Waals surface area contributed by atoms with Crippen molar-refractivity contribution >= 4 is 0 Å². The van der Waals surface area contributed by atoms with Gasteiger partial charge in [0.05, 0.1) is 0 Å². The zero-order valence-corrected chi connectivity index (χ0v) is 13.1. The van der Waals surface area contributed by atoms with E-state index in [1.807, 2.05) is 0 Å². The van der Waals surface area contributed by atoms with Crippen LogP contribution in [0.15, 0.2) is 0 Å². The second-order valence-electron chi connectivity index (χ2n) is 6.62. The molecule has 0 aromatic rings. The molecule has 0 aromatic heterocycles. The molecule has 0 unspecified atom stereocenters. The maximum absolute atomic E-state index is 5.48. The van der Waals surface area contributed by atoms with Gasteiger partial charge < -0.3 is 15.0 Å². The van der Waals surface area contributed by atoms with Crippen LogP contribution in [-0.2, 0) is 4.74 Å². The molecule has 1 N–H and O–H groups in total. The highest BCUT2D eigenvalue weighted by Gasteiger charge is 2.32. The molecule has 112 valence electrons. The van der Waals surface area contributed by atoms with Gasteiger partial charge in [-0.05, 0) is 51.0 Å². The quantitative estimate of drug-likeness (QED) is 0.732. The Morgan fingerprint density at radius 1 is 1.11 bits per heavy atom. The van der Waals surface area contributed by atoms with Gasteiger partial charge in [-0.3, -0.25) is 0 Å². The summed E-state index contributed by atoms with van der Waals surface area (Å²) in [7, 11) is 2.31. The lowest BCUT2D eigenvalue weighted by molar-refractivity contribution is 0.0252. The number of nitrogens with zero attached hydrogens (tertiary/aromatic N) is 1. The molecule has 1 aliphatic heterocycles. The fraction of sp³-hybridized carbons (Fsp3) is 1.00. The number of hydrogen-bond donors (Lipinski definition) is 1. The van der Waals surface area contributed by atoms with E-state index in [4.69, 9.17) is 4.74 Å². The molecular formula is C16H32N2O. The van der Waals surface area contributed by atoms with Crippen LogP contribution >= 0.6 is 0 Å². The summed E-state index contributed by atoms with van der Waals surface area (Å²) in [6.45, 7) is 9.02. The first-order chi connectivity index (χ1) is 9.19. The van der Waals surface area contributed by atoms with Crippen LogP contribution in [-0.4, -0.2) is 50.3 Å². The third-order valence-electron chi connectivity index (χ3n) is 5.24. The molecule has 2 aliphatic rings. The van der Waals surface area contributed by atoms with Gasteiger partial charge in [-0.1, -0.05) is 13.8 Å². The van der Waals surface area contributed by atoms with Crippen molar-refractivity contribution in [1.29, 1.82) is 0 Å². The minimum atomic E-state index is 0.454. The van der Waals surface area contributed by atoms with E-state index in [9.17, 15) is 0 Å². The Kier molecular flexibility index (Phi) is 5.67. The minimum Gasteiger partial charge on any atom is -0.381 e. The average Bonchev–Trinajstić information content (AvgIpc) is 3.28. The van der Waals surface area contributed by atoms with E-state index in [0.29, 0.717) is 5.41 Å². The molecule has 0 amide bonds. The van der Waals surface area contributed by atoms with Gasteiger partial charge in [-0.15, -0.1) is 0 Å². The average molecular weight is 268 g/mol. The molecule has 0 spiro atoms. The second kappa shape index (κ2) is 7.05. The first-order valence-electron chi connectivity index (χ1n) is 8.20. The second-order valence-corrected chi connectivity index (χ2v) is 6.62. The Labute approximate surface area is 119 Å². The number of rotatable bonds is 8. The summed E-state index contributed by atoms with van der Waals surface area (Å²) in [5, 5.41) is 3.76. The first-order valence-corrected chi connectivity index (χ1v) is 8.20. The van der Waals surface area contributed by atoms with Crippen molar-refractivity contribution < 1.29 is 4.74 Å². The number of hydrogen-bond acceptors (Lipinski definition) is 3. The third-order valence-corrected chi connectivity index (χ3v) is 5.24. The van der Waals surface area contributed by atoms with E-state index >= 15 is 0 Å². The van der Waals surface area contributed by atoms with Crippen LogP contribution in [0, 0.1) is 5.41 Å². The summed E-state index contributed by atoms with van der Waals surface area (Å²) in [5.74, 6) is 0. The lowest BCUT2D eigenvalue weighted by atomic mass is 9.81. The van der Waals surface area contributed by atoms with Crippen LogP contribution < -0.4 is 5.32 Å². The van der Waals surface area contributed by atoms with Crippen LogP contribution in [0.4, 0.5) is 0 Å². The highest BCUT2D eigenvalue weighted by molar-refractivity contribution is 4.89. The Hall–Kier alpha value is -0.120. The van der Waals surface area contributed by atoms with Crippen LogP contribution in [0.5, 0.6) is 0 Å². The van der Waals surface area contributed by atoms with E-state index in [-0.39, 0.29) is 0 Å². The Morgan fingerprint density at radius 2 is 1.74 bits per heavy atom. The fourth-order valence-electron chi connectivity index (χ4n) is 3.21. The molecule has 0 aromatic carbocycles. The predicted octanol–water partition coefficient (Wildman–Crippen LogP) is 2.66. The van der Waals surface area contributed by atoms with Crippen molar-refractivity contribution in [3.05, 3.63) is 0 Å². The minimum absolute atomic E-state index is 0.454. The molecule has 2 fully saturated rings. The van der Waals surface area contributed by atoms with Crippen LogP contribution in [0.2, 0.25) is 0 Å². The molecule has 0 radical (unpaired) electrons. The molecule has 0 bridgehead atoms. The lowest BCUT2D eigenvalue weighted by Gasteiger charge is -2.40. The third kappa shape index (κ3) is 4.44. The molecule has 1 aliphatic carbocycles. The van der Waals surface area contributed by atoms with Crippen molar-refractivity contribution in [3.8, 4) is 0 Å². The van der Waals surface area contributed by atoms with Gasteiger partial charge in [0, 0.05) is 38.4 Å². The van der Waals surface area contributed by atoms with E-state index in [1.165, 1.54) is 51.6 Å². The zero-order valence-electron chi connectivity index (χ0n) is 13.1. The summed E-state index contributed by atoms with van der Waals surface area (Å²) in [4.78, 5) is 2.60. The first kappa shape index (κ1) is 15.3. The van der Waals surface area contributed by atoms with Crippen LogP contribution in [0.1, 0.15) is 52.4 Å². The van der Waals surface area contributed by atoms with Gasteiger partial charge in [-0.2, -0.15) is 0 Å². The van der Waals surface area contributed by atoms with Crippen LogP contribution in [0.25, 0.3) is 0 Å². The van der Waals surface area contributed by atoms with Gasteiger partial charge >= 0.3 is 0 Å². The van der Waals surface area contributed by atoms with Gasteiger partial charge in [-0.25, -0.2) is 0 Å². The summed E-state index contributed by atoms with van der Waals surface area (Å²) in [6, 6.07) is 1.55. The molecule has 19 heavy (non-hydrogen) atoms. The van der Waals surface area contributed by atoms with E-state index < -0.39 is 0 Å². The molecule has 3 nitrogen and oxygen atoms in total. The highest BCUT2D eigenvalue weighted by Crippen LogP contribution is 2.30. The topological polar surface area (TPSA) is 24.5 Å². The summed E-state index contributed by atoms with van der Waals surface area (Å²) in [6.07, 6.45) is 7.73. The molecule has 0 atom stereocenters. The summed E-state index contributed by atoms with van der Waals surface area (Å²) < 4.78 is 5.48. The Bertz CT molecular complexity index is 255. The smallest absolute Gasteiger partial charge is 0.0480 e. The Morgan fingerprint density at radius 3 is 2.26 bits per heavy atom. The Balaban J connectivity index is 1.85. The molecule has 1 heterocycles. The largest absolute Gasteiger partial charge is 0.381 e. The normalized spacial score (nSPS) is 22.1. The van der Waals surface area contributed by atoms with Gasteiger partial charge in [0.1, 0.15) is 0 Å². The van der Waals surface area contributed by atoms with Gasteiger partial charge in [0.15, 0.2) is 0 Å². The SMILES string of the molecule is CCC(CC)(CNC1CC1)CN(C)C1CCOCC1. The standard InChI is InChI=1S/C16H32N2O/c1-4-16(5-2,12-17-14-6-7-14)13-18(3)15-8-10-19-11-9-15/h14-15,17H,4-13H2,1-3H3. The molecular weight excluding hydrogens is 236 g/mol. The molecule has 1 saturated carbocycles. The lowest BCUT2D eigenvalue weighted by Crippen LogP contribution is -2.47. The summed E-state index contributed by atoms with van der Waals surface area (Å²) in [5.41, 5.74) is 0.454. The van der Waals surface area contributed by atoms with Crippen molar-refractivity contribution in [3.63, 3.8) is 0 Å². The van der Waals surface area contributed by atoms with Crippen molar-refractivity contribution in [1.82, 2.24) is 10.2 Å².